The van der Waals surface area contributed by atoms with Gasteiger partial charge in [0.25, 0.3) is 0 Å². The zero-order valence-electron chi connectivity index (χ0n) is 8.51. The maximum Gasteiger partial charge on any atom is 0.315 e. The average Bonchev–Trinajstić information content (AvgIpc) is 2.61. The Labute approximate surface area is 87.0 Å². The van der Waals surface area contributed by atoms with Crippen LogP contribution in [0.1, 0.15) is 0 Å². The van der Waals surface area contributed by atoms with Gasteiger partial charge in [-0.25, -0.2) is 4.90 Å². The molecule has 0 atom stereocenters. The Balaban J connectivity index is 3.02. The molecule has 1 heterocycles. The first-order valence-electron chi connectivity index (χ1n) is 4.26. The third-order valence-corrected chi connectivity index (χ3v) is 1.89. The molecule has 0 saturated carbocycles. The van der Waals surface area contributed by atoms with E-state index in [-0.39, 0.29) is 5.70 Å². The fourth-order valence-electron chi connectivity index (χ4n) is 1.28. The number of rotatable bonds is 3. The summed E-state index contributed by atoms with van der Waals surface area (Å²) >= 11 is 0. The highest BCUT2D eigenvalue weighted by Gasteiger charge is 2.28. The van der Waals surface area contributed by atoms with E-state index < -0.39 is 5.97 Å². The van der Waals surface area contributed by atoms with Crippen molar-refractivity contribution < 1.29 is 24.6 Å². The zero-order chi connectivity index (χ0) is 11.4. The fraction of sp³-hybridized carbons (Fsp3) is 0.333. The van der Waals surface area contributed by atoms with Crippen LogP contribution in [-0.4, -0.2) is 47.4 Å². The standard InChI is InChI=1S/C9H12N2O4/c1-10(14)8-4-3-5-11(8)7(6-15-2)9(12)13/h3-4,6H,5H2,1-2H3,(H-,12,13,14). The normalized spacial score (nSPS) is 19.3. The largest absolute Gasteiger partial charge is 0.541 e. The fourth-order valence-corrected chi connectivity index (χ4v) is 1.28. The van der Waals surface area contributed by atoms with Gasteiger partial charge >= 0.3 is 5.84 Å². The molecule has 15 heavy (non-hydrogen) atoms. The third kappa shape index (κ3) is 2.28. The van der Waals surface area contributed by atoms with Gasteiger partial charge < -0.3 is 19.8 Å². The van der Waals surface area contributed by atoms with E-state index in [1.54, 1.807) is 12.2 Å². The molecule has 0 aliphatic carbocycles. The van der Waals surface area contributed by atoms with Gasteiger partial charge in [-0.3, -0.25) is 0 Å². The van der Waals surface area contributed by atoms with Gasteiger partial charge in [0, 0.05) is 6.08 Å². The summed E-state index contributed by atoms with van der Waals surface area (Å²) in [6.07, 6.45) is 4.38. The molecule has 1 N–H and O–H groups in total. The molecule has 0 unspecified atom stereocenters. The zero-order valence-corrected chi connectivity index (χ0v) is 8.51. The molecule has 0 saturated heterocycles. The molecule has 0 spiro atoms. The number of amidine groups is 1. The number of hydrogen-bond donors (Lipinski definition) is 1. The van der Waals surface area contributed by atoms with Crippen LogP contribution in [0.4, 0.5) is 0 Å². The number of ether oxygens (including phenoxy) is 1. The summed E-state index contributed by atoms with van der Waals surface area (Å²) in [5.41, 5.74) is -0.140. The highest BCUT2D eigenvalue weighted by atomic mass is 16.5. The van der Waals surface area contributed by atoms with Crippen LogP contribution in [0.3, 0.4) is 0 Å². The minimum absolute atomic E-state index is 0.140. The number of carboxylic acid groups (broad SMARTS) is 1. The van der Waals surface area contributed by atoms with Crippen molar-refractivity contribution in [3.8, 4) is 0 Å². The molecular formula is C9H12N2O4. The minimum Gasteiger partial charge on any atom is -0.541 e. The van der Waals surface area contributed by atoms with Gasteiger partial charge in [0.05, 0.1) is 7.11 Å². The smallest absolute Gasteiger partial charge is 0.315 e. The summed E-state index contributed by atoms with van der Waals surface area (Å²) in [7, 11) is 2.74. The number of methoxy groups -OCH3 is 1. The van der Waals surface area contributed by atoms with Crippen molar-refractivity contribution in [2.45, 2.75) is 0 Å². The molecule has 0 radical (unpaired) electrons. The average molecular weight is 212 g/mol. The number of carbonyl (C=O) groups excluding carboxylic acids is 1. The lowest BCUT2D eigenvalue weighted by Crippen LogP contribution is -2.39. The molecule has 0 aromatic carbocycles. The van der Waals surface area contributed by atoms with Crippen LogP contribution in [0.25, 0.3) is 0 Å². The van der Waals surface area contributed by atoms with Crippen LogP contribution < -0.4 is 5.11 Å². The molecule has 6 heteroatoms. The van der Waals surface area contributed by atoms with Crippen molar-refractivity contribution >= 4 is 11.8 Å². The maximum atomic E-state index is 10.8. The minimum atomic E-state index is -1.36. The number of hydrogen-bond acceptors (Lipinski definition) is 4. The molecule has 0 bridgehead atoms. The SMILES string of the molecule is COC=C(C(=O)[O-])N1CC=CC1=[N+](C)O. The van der Waals surface area contributed by atoms with Gasteiger partial charge in [-0.1, -0.05) is 4.74 Å². The van der Waals surface area contributed by atoms with E-state index in [9.17, 15) is 15.1 Å². The van der Waals surface area contributed by atoms with Gasteiger partial charge in [-0.2, -0.15) is 0 Å². The maximum absolute atomic E-state index is 10.8. The van der Waals surface area contributed by atoms with Crippen LogP contribution in [-0.2, 0) is 9.53 Å². The summed E-state index contributed by atoms with van der Waals surface area (Å²) < 4.78 is 5.47. The number of nitrogens with zero attached hydrogens (tertiary/aromatic N) is 2. The second-order valence-corrected chi connectivity index (χ2v) is 2.92. The highest BCUT2D eigenvalue weighted by molar-refractivity contribution is 5.98. The Morgan fingerprint density at radius 3 is 2.93 bits per heavy atom. The summed E-state index contributed by atoms with van der Waals surface area (Å²) in [6, 6.07) is 0. The highest BCUT2D eigenvalue weighted by Crippen LogP contribution is 2.11. The van der Waals surface area contributed by atoms with E-state index >= 15 is 0 Å². The number of carboxylic acids is 1. The molecule has 6 nitrogen and oxygen atoms in total. The first kappa shape index (κ1) is 11.1. The van der Waals surface area contributed by atoms with Gasteiger partial charge in [0.15, 0.2) is 5.70 Å². The quantitative estimate of drug-likeness (QED) is 0.203. The Morgan fingerprint density at radius 2 is 2.47 bits per heavy atom. The number of carbonyl (C=O) groups is 1. The van der Waals surface area contributed by atoms with E-state index in [1.807, 2.05) is 0 Å². The van der Waals surface area contributed by atoms with Gasteiger partial charge in [0.2, 0.25) is 0 Å². The lowest BCUT2D eigenvalue weighted by Gasteiger charge is -2.15. The van der Waals surface area contributed by atoms with Crippen molar-refractivity contribution in [2.24, 2.45) is 0 Å². The Kier molecular flexibility index (Phi) is 3.33. The Bertz CT molecular complexity index is 353. The number of aliphatic carboxylic acids is 1. The monoisotopic (exact) mass is 212 g/mol. The molecule has 1 aliphatic rings. The van der Waals surface area contributed by atoms with Gasteiger partial charge in [-0.05, 0) is 6.08 Å². The molecule has 1 rings (SSSR count). The first-order chi connectivity index (χ1) is 7.07. The third-order valence-electron chi connectivity index (χ3n) is 1.89. The second-order valence-electron chi connectivity index (χ2n) is 2.92. The lowest BCUT2D eigenvalue weighted by atomic mass is 10.4. The van der Waals surface area contributed by atoms with Crippen LogP contribution >= 0.6 is 0 Å². The first-order valence-corrected chi connectivity index (χ1v) is 4.26. The molecule has 0 aromatic heterocycles. The van der Waals surface area contributed by atoms with E-state index in [1.165, 1.54) is 19.1 Å². The molecule has 0 amide bonds. The van der Waals surface area contributed by atoms with E-state index in [4.69, 9.17) is 0 Å². The molecule has 0 aromatic rings. The molecule has 0 fully saturated rings. The Hall–Kier alpha value is -1.98. The summed E-state index contributed by atoms with van der Waals surface area (Å²) in [6.45, 7) is 0.351. The molecular weight excluding hydrogens is 200 g/mol. The summed E-state index contributed by atoms with van der Waals surface area (Å²) in [5, 5.41) is 20.0. The van der Waals surface area contributed by atoms with Crippen LogP contribution in [0.5, 0.6) is 0 Å². The number of hydroxylamine groups is 1. The molecule has 1 aliphatic heterocycles. The predicted molar refractivity (Wildman–Crippen MR) is 48.9 cm³/mol. The topological polar surface area (TPSA) is 75.8 Å². The van der Waals surface area contributed by atoms with Crippen molar-refractivity contribution in [2.75, 3.05) is 20.7 Å². The van der Waals surface area contributed by atoms with Crippen LogP contribution in [0, 0.1) is 0 Å². The van der Waals surface area contributed by atoms with Crippen molar-refractivity contribution in [3.05, 3.63) is 24.1 Å². The summed E-state index contributed by atoms with van der Waals surface area (Å²) in [4.78, 5) is 12.2. The van der Waals surface area contributed by atoms with Crippen LogP contribution in [0.15, 0.2) is 24.1 Å². The van der Waals surface area contributed by atoms with Crippen molar-refractivity contribution in [1.82, 2.24) is 4.90 Å². The van der Waals surface area contributed by atoms with Crippen molar-refractivity contribution in [3.63, 3.8) is 0 Å². The van der Waals surface area contributed by atoms with Gasteiger partial charge in [0.1, 0.15) is 25.8 Å². The summed E-state index contributed by atoms with van der Waals surface area (Å²) in [5.74, 6) is -1.01. The van der Waals surface area contributed by atoms with E-state index in [2.05, 4.69) is 4.74 Å². The van der Waals surface area contributed by atoms with Gasteiger partial charge in [-0.15, -0.1) is 0 Å². The second kappa shape index (κ2) is 4.50. The lowest BCUT2D eigenvalue weighted by molar-refractivity contribution is -0.756. The Morgan fingerprint density at radius 1 is 1.80 bits per heavy atom. The van der Waals surface area contributed by atoms with Crippen LogP contribution in [0.2, 0.25) is 0 Å². The molecule has 82 valence electrons. The van der Waals surface area contributed by atoms with E-state index in [0.717, 1.165) is 11.0 Å². The van der Waals surface area contributed by atoms with E-state index in [0.29, 0.717) is 12.4 Å². The predicted octanol–water partition coefficient (Wildman–Crippen LogP) is -1.47. The van der Waals surface area contributed by atoms with Crippen molar-refractivity contribution in [1.29, 1.82) is 0 Å².